The van der Waals surface area contributed by atoms with E-state index >= 15 is 0 Å². The molecule has 0 bridgehead atoms. The lowest BCUT2D eigenvalue weighted by Gasteiger charge is -2.39. The number of ether oxygens (including phenoxy) is 1. The van der Waals surface area contributed by atoms with Crippen LogP contribution >= 0.6 is 0 Å². The molecule has 0 radical (unpaired) electrons. The van der Waals surface area contributed by atoms with E-state index in [1.54, 1.807) is 32.9 Å². The number of amides is 4. The zero-order valence-corrected chi connectivity index (χ0v) is 26.6. The van der Waals surface area contributed by atoms with Crippen LogP contribution in [0, 0.1) is 5.92 Å². The summed E-state index contributed by atoms with van der Waals surface area (Å²) in [5.74, 6) is -1.15. The SMILES string of the molecule is CC(C)CCC(C)N(C(=O)C(CCC(N)=O)NC(=O)OC(C)(C)C)C(C(=O)Nc1ccc2ccccc2c1)c1ccccc1. The van der Waals surface area contributed by atoms with Crippen molar-refractivity contribution in [3.63, 3.8) is 0 Å². The minimum Gasteiger partial charge on any atom is -0.444 e. The van der Waals surface area contributed by atoms with Crippen LogP contribution < -0.4 is 16.4 Å². The van der Waals surface area contributed by atoms with Crippen LogP contribution in [0.4, 0.5) is 10.5 Å². The van der Waals surface area contributed by atoms with Crippen molar-refractivity contribution in [3.05, 3.63) is 78.4 Å². The van der Waals surface area contributed by atoms with Crippen LogP contribution in [-0.2, 0) is 19.1 Å². The number of nitrogens with zero attached hydrogens (tertiary/aromatic N) is 1. The number of anilines is 1. The Labute approximate surface area is 260 Å². The molecule has 44 heavy (non-hydrogen) atoms. The molecule has 4 amide bonds. The van der Waals surface area contributed by atoms with Gasteiger partial charge >= 0.3 is 6.09 Å². The van der Waals surface area contributed by atoms with E-state index in [2.05, 4.69) is 24.5 Å². The van der Waals surface area contributed by atoms with Crippen LogP contribution in [0.5, 0.6) is 0 Å². The first-order valence-electron chi connectivity index (χ1n) is 15.2. The summed E-state index contributed by atoms with van der Waals surface area (Å²) in [5.41, 5.74) is 5.84. The van der Waals surface area contributed by atoms with Gasteiger partial charge in [0.05, 0.1) is 0 Å². The molecule has 4 N–H and O–H groups in total. The summed E-state index contributed by atoms with van der Waals surface area (Å²) in [6.45, 7) is 11.2. The fraction of sp³-hybridized carbons (Fsp3) is 0.429. The van der Waals surface area contributed by atoms with Crippen molar-refractivity contribution >= 4 is 40.3 Å². The number of rotatable bonds is 13. The molecule has 0 aliphatic heterocycles. The molecule has 3 atom stereocenters. The van der Waals surface area contributed by atoms with E-state index in [1.165, 1.54) is 4.90 Å². The molecule has 0 fully saturated rings. The van der Waals surface area contributed by atoms with Gasteiger partial charge in [0, 0.05) is 18.2 Å². The van der Waals surface area contributed by atoms with Gasteiger partial charge in [0.2, 0.25) is 11.8 Å². The van der Waals surface area contributed by atoms with E-state index in [1.807, 2.05) is 67.6 Å². The normalized spacial score (nSPS) is 13.5. The van der Waals surface area contributed by atoms with Crippen LogP contribution in [0.1, 0.15) is 78.8 Å². The van der Waals surface area contributed by atoms with E-state index in [9.17, 15) is 19.2 Å². The number of hydrogen-bond donors (Lipinski definition) is 3. The highest BCUT2D eigenvalue weighted by Gasteiger charge is 2.39. The van der Waals surface area contributed by atoms with Crippen molar-refractivity contribution in [2.45, 2.75) is 91.0 Å². The molecule has 0 saturated carbocycles. The average Bonchev–Trinajstić information content (AvgIpc) is 2.95. The predicted octanol–water partition coefficient (Wildman–Crippen LogP) is 6.33. The third-order valence-electron chi connectivity index (χ3n) is 7.22. The summed E-state index contributed by atoms with van der Waals surface area (Å²) < 4.78 is 5.43. The molecule has 0 heterocycles. The summed E-state index contributed by atoms with van der Waals surface area (Å²) in [6, 6.07) is 20.0. The summed E-state index contributed by atoms with van der Waals surface area (Å²) in [5, 5.41) is 7.68. The third-order valence-corrected chi connectivity index (χ3v) is 7.22. The molecule has 3 unspecified atom stereocenters. The number of hydrogen-bond acceptors (Lipinski definition) is 5. The number of carbonyl (C=O) groups excluding carboxylic acids is 4. The van der Waals surface area contributed by atoms with Crippen LogP contribution in [-0.4, -0.2) is 46.4 Å². The molecule has 3 rings (SSSR count). The van der Waals surface area contributed by atoms with Crippen molar-refractivity contribution in [2.75, 3.05) is 5.32 Å². The fourth-order valence-electron chi connectivity index (χ4n) is 5.04. The van der Waals surface area contributed by atoms with Crippen molar-refractivity contribution in [2.24, 2.45) is 11.7 Å². The molecule has 0 aromatic heterocycles. The number of alkyl carbamates (subject to hydrolysis) is 1. The molecule has 3 aromatic carbocycles. The maximum absolute atomic E-state index is 14.5. The molecular weight excluding hydrogens is 556 g/mol. The molecule has 0 aliphatic rings. The van der Waals surface area contributed by atoms with E-state index in [0.717, 1.165) is 17.2 Å². The van der Waals surface area contributed by atoms with Crippen LogP contribution in [0.2, 0.25) is 0 Å². The van der Waals surface area contributed by atoms with Gasteiger partial charge in [-0.1, -0.05) is 74.5 Å². The molecule has 3 aromatic rings. The van der Waals surface area contributed by atoms with Gasteiger partial charge in [-0.05, 0) is 81.3 Å². The summed E-state index contributed by atoms with van der Waals surface area (Å²) in [7, 11) is 0. The van der Waals surface area contributed by atoms with Crippen LogP contribution in [0.25, 0.3) is 10.8 Å². The summed E-state index contributed by atoms with van der Waals surface area (Å²) in [4.78, 5) is 54.9. The lowest BCUT2D eigenvalue weighted by atomic mass is 9.96. The molecule has 236 valence electrons. The zero-order chi connectivity index (χ0) is 32.4. The van der Waals surface area contributed by atoms with Gasteiger partial charge in [-0.3, -0.25) is 14.4 Å². The van der Waals surface area contributed by atoms with Gasteiger partial charge in [0.1, 0.15) is 17.7 Å². The second-order valence-electron chi connectivity index (χ2n) is 12.6. The first-order chi connectivity index (χ1) is 20.7. The molecule has 0 saturated heterocycles. The van der Waals surface area contributed by atoms with Crippen molar-refractivity contribution < 1.29 is 23.9 Å². The highest BCUT2D eigenvalue weighted by Crippen LogP contribution is 2.30. The second kappa shape index (κ2) is 15.4. The van der Waals surface area contributed by atoms with Gasteiger partial charge in [-0.15, -0.1) is 0 Å². The lowest BCUT2D eigenvalue weighted by Crippen LogP contribution is -2.55. The van der Waals surface area contributed by atoms with E-state index in [0.29, 0.717) is 23.6 Å². The highest BCUT2D eigenvalue weighted by molar-refractivity contribution is 6.00. The smallest absolute Gasteiger partial charge is 0.408 e. The summed E-state index contributed by atoms with van der Waals surface area (Å²) in [6.07, 6.45) is 0.440. The number of nitrogens with one attached hydrogen (secondary N) is 2. The minimum absolute atomic E-state index is 0.0470. The number of nitrogens with two attached hydrogens (primary N) is 1. The Kier molecular flexibility index (Phi) is 11.9. The Morgan fingerprint density at radius 3 is 2.09 bits per heavy atom. The zero-order valence-electron chi connectivity index (χ0n) is 26.6. The number of fused-ring (bicyclic) bond motifs is 1. The largest absolute Gasteiger partial charge is 0.444 e. The first kappa shape index (κ1) is 34.1. The highest BCUT2D eigenvalue weighted by atomic mass is 16.6. The van der Waals surface area contributed by atoms with Crippen LogP contribution in [0.3, 0.4) is 0 Å². The Morgan fingerprint density at radius 2 is 1.48 bits per heavy atom. The second-order valence-corrected chi connectivity index (χ2v) is 12.6. The average molecular weight is 603 g/mol. The molecule has 9 heteroatoms. The van der Waals surface area contributed by atoms with Gasteiger partial charge in [-0.2, -0.15) is 0 Å². The quantitative estimate of drug-likeness (QED) is 0.210. The molecule has 0 spiro atoms. The number of carbonyl (C=O) groups is 4. The molecule has 0 aliphatic carbocycles. The van der Waals surface area contributed by atoms with E-state index in [-0.39, 0.29) is 12.8 Å². The topological polar surface area (TPSA) is 131 Å². The Bertz CT molecular complexity index is 1430. The maximum Gasteiger partial charge on any atom is 0.408 e. The third kappa shape index (κ3) is 10.1. The Hall–Kier alpha value is -4.40. The monoisotopic (exact) mass is 602 g/mol. The number of primary amides is 1. The van der Waals surface area contributed by atoms with E-state index in [4.69, 9.17) is 10.5 Å². The van der Waals surface area contributed by atoms with Gasteiger partial charge in [-0.25, -0.2) is 4.79 Å². The lowest BCUT2D eigenvalue weighted by molar-refractivity contribution is -0.143. The Morgan fingerprint density at radius 1 is 0.841 bits per heavy atom. The molecular formula is C35H46N4O5. The standard InChI is InChI=1S/C35H46N4O5/c1-23(2)16-17-24(3)39(33(42)29(20-21-30(36)40)38-34(43)44-35(4,5)6)31(26-13-8-7-9-14-26)32(41)37-28-19-18-25-12-10-11-15-27(25)22-28/h7-15,18-19,22-24,29,31H,16-17,20-21H2,1-6H3,(H2,36,40)(H,37,41)(H,38,43). The van der Waals surface area contributed by atoms with Gasteiger partial charge in [0.15, 0.2) is 0 Å². The van der Waals surface area contributed by atoms with Crippen molar-refractivity contribution in [1.29, 1.82) is 0 Å². The first-order valence-corrected chi connectivity index (χ1v) is 15.2. The minimum atomic E-state index is -1.15. The van der Waals surface area contributed by atoms with Gasteiger partial charge < -0.3 is 26.0 Å². The van der Waals surface area contributed by atoms with Crippen molar-refractivity contribution in [3.8, 4) is 0 Å². The maximum atomic E-state index is 14.5. The van der Waals surface area contributed by atoms with Crippen LogP contribution in [0.15, 0.2) is 72.8 Å². The fourth-order valence-corrected chi connectivity index (χ4v) is 5.04. The van der Waals surface area contributed by atoms with Crippen molar-refractivity contribution in [1.82, 2.24) is 10.2 Å². The van der Waals surface area contributed by atoms with Gasteiger partial charge in [0.25, 0.3) is 5.91 Å². The Balaban J connectivity index is 2.07. The number of benzene rings is 3. The summed E-state index contributed by atoms with van der Waals surface area (Å²) >= 11 is 0. The van der Waals surface area contributed by atoms with E-state index < -0.39 is 47.5 Å². The molecule has 9 nitrogen and oxygen atoms in total. The predicted molar refractivity (Wildman–Crippen MR) is 174 cm³/mol.